The summed E-state index contributed by atoms with van der Waals surface area (Å²) < 4.78 is 0. The van der Waals surface area contributed by atoms with Gasteiger partial charge in [0.25, 0.3) is 5.91 Å². The maximum absolute atomic E-state index is 12.0. The van der Waals surface area contributed by atoms with E-state index in [9.17, 15) is 4.79 Å². The Balaban J connectivity index is 1.99. The molecule has 21 heavy (non-hydrogen) atoms. The van der Waals surface area contributed by atoms with Crippen LogP contribution in [0.1, 0.15) is 42.4 Å². The maximum atomic E-state index is 12.0. The van der Waals surface area contributed by atoms with Crippen LogP contribution in [0.2, 0.25) is 0 Å². The molecular formula is C17H19N3O. The largest absolute Gasteiger partial charge is 0.271 e. The first kappa shape index (κ1) is 14.9. The van der Waals surface area contributed by atoms with Gasteiger partial charge < -0.3 is 0 Å². The number of nitrogens with one attached hydrogen (secondary N) is 1. The molecule has 108 valence electrons. The topological polar surface area (TPSA) is 54.4 Å². The standard InChI is InChI=1S/C17H19N3O/c1-17(2,3)14-9-7-13(8-10-14)16(21)20-19-12-15-6-4-5-11-18-15/h4-12H,1-3H3,(H,20,21)/b19-12-. The number of aromatic nitrogens is 1. The Hall–Kier alpha value is -2.49. The van der Waals surface area contributed by atoms with E-state index in [1.807, 2.05) is 42.5 Å². The average molecular weight is 281 g/mol. The van der Waals surface area contributed by atoms with E-state index in [0.29, 0.717) is 11.3 Å². The van der Waals surface area contributed by atoms with Crippen LogP contribution in [0.15, 0.2) is 53.8 Å². The molecule has 1 N–H and O–H groups in total. The van der Waals surface area contributed by atoms with Gasteiger partial charge in [-0.25, -0.2) is 5.43 Å². The number of rotatable bonds is 3. The quantitative estimate of drug-likeness (QED) is 0.694. The predicted molar refractivity (Wildman–Crippen MR) is 84.4 cm³/mol. The number of pyridine rings is 1. The van der Waals surface area contributed by atoms with Crippen molar-refractivity contribution in [2.45, 2.75) is 26.2 Å². The SMILES string of the molecule is CC(C)(C)c1ccc(C(=O)N/N=C\c2ccccn2)cc1. The van der Waals surface area contributed by atoms with Crippen molar-refractivity contribution in [3.63, 3.8) is 0 Å². The van der Waals surface area contributed by atoms with Crippen molar-refractivity contribution < 1.29 is 4.79 Å². The molecule has 0 saturated carbocycles. The fourth-order valence-electron chi connectivity index (χ4n) is 1.80. The number of carbonyl (C=O) groups excluding carboxylic acids is 1. The van der Waals surface area contributed by atoms with Crippen LogP contribution < -0.4 is 5.43 Å². The molecule has 0 aliphatic heterocycles. The van der Waals surface area contributed by atoms with Gasteiger partial charge in [0.2, 0.25) is 0 Å². The van der Waals surface area contributed by atoms with Crippen LogP contribution in [0.25, 0.3) is 0 Å². The molecule has 2 aromatic rings. The van der Waals surface area contributed by atoms with Crippen molar-refractivity contribution in [3.05, 3.63) is 65.5 Å². The number of amides is 1. The first-order chi connectivity index (χ1) is 9.97. The number of hydrogen-bond acceptors (Lipinski definition) is 3. The van der Waals surface area contributed by atoms with Crippen molar-refractivity contribution in [1.29, 1.82) is 0 Å². The zero-order valence-electron chi connectivity index (χ0n) is 12.5. The molecule has 0 radical (unpaired) electrons. The van der Waals surface area contributed by atoms with E-state index >= 15 is 0 Å². The van der Waals surface area contributed by atoms with Crippen molar-refractivity contribution in [1.82, 2.24) is 10.4 Å². The second-order valence-corrected chi connectivity index (χ2v) is 5.78. The van der Waals surface area contributed by atoms with Gasteiger partial charge in [-0.15, -0.1) is 0 Å². The fraction of sp³-hybridized carbons (Fsp3) is 0.235. The molecule has 0 unspecified atom stereocenters. The first-order valence-corrected chi connectivity index (χ1v) is 6.82. The smallest absolute Gasteiger partial charge is 0.267 e. The second kappa shape index (κ2) is 6.31. The minimum absolute atomic E-state index is 0.0755. The summed E-state index contributed by atoms with van der Waals surface area (Å²) in [5, 5.41) is 3.90. The lowest BCUT2D eigenvalue weighted by molar-refractivity contribution is 0.0955. The summed E-state index contributed by atoms with van der Waals surface area (Å²) in [5.41, 5.74) is 5.04. The summed E-state index contributed by atoms with van der Waals surface area (Å²) in [7, 11) is 0. The molecule has 1 amide bonds. The van der Waals surface area contributed by atoms with E-state index in [4.69, 9.17) is 0 Å². The van der Waals surface area contributed by atoms with Gasteiger partial charge in [-0.3, -0.25) is 9.78 Å². The molecule has 4 heteroatoms. The monoisotopic (exact) mass is 281 g/mol. The van der Waals surface area contributed by atoms with Crippen molar-refractivity contribution in [2.75, 3.05) is 0 Å². The lowest BCUT2D eigenvalue weighted by Gasteiger charge is -2.18. The highest BCUT2D eigenvalue weighted by atomic mass is 16.2. The molecule has 0 atom stereocenters. The molecular weight excluding hydrogens is 262 g/mol. The molecule has 1 aromatic heterocycles. The van der Waals surface area contributed by atoms with Gasteiger partial charge in [-0.2, -0.15) is 5.10 Å². The van der Waals surface area contributed by atoms with Crippen LogP contribution in [0.3, 0.4) is 0 Å². The van der Waals surface area contributed by atoms with Crippen LogP contribution in [0.4, 0.5) is 0 Å². The summed E-state index contributed by atoms with van der Waals surface area (Å²) in [5.74, 6) is -0.234. The second-order valence-electron chi connectivity index (χ2n) is 5.78. The summed E-state index contributed by atoms with van der Waals surface area (Å²) in [6, 6.07) is 13.1. The average Bonchev–Trinajstić information content (AvgIpc) is 2.47. The van der Waals surface area contributed by atoms with E-state index in [2.05, 4.69) is 36.3 Å². The molecule has 0 saturated heterocycles. The first-order valence-electron chi connectivity index (χ1n) is 6.82. The molecule has 2 rings (SSSR count). The lowest BCUT2D eigenvalue weighted by Crippen LogP contribution is -2.18. The van der Waals surface area contributed by atoms with E-state index in [1.54, 1.807) is 6.20 Å². The van der Waals surface area contributed by atoms with Crippen molar-refractivity contribution >= 4 is 12.1 Å². The van der Waals surface area contributed by atoms with Gasteiger partial charge in [-0.1, -0.05) is 39.0 Å². The molecule has 0 aliphatic carbocycles. The summed E-state index contributed by atoms with van der Waals surface area (Å²) in [6.07, 6.45) is 3.19. The van der Waals surface area contributed by atoms with Crippen LogP contribution in [0.5, 0.6) is 0 Å². The molecule has 0 bridgehead atoms. The number of benzene rings is 1. The van der Waals surface area contributed by atoms with Crippen LogP contribution in [0, 0.1) is 0 Å². The Morgan fingerprint density at radius 3 is 2.43 bits per heavy atom. The molecule has 1 aromatic carbocycles. The van der Waals surface area contributed by atoms with Crippen molar-refractivity contribution in [3.8, 4) is 0 Å². The number of hydrazone groups is 1. The summed E-state index contributed by atoms with van der Waals surface area (Å²) >= 11 is 0. The highest BCUT2D eigenvalue weighted by Crippen LogP contribution is 2.22. The van der Waals surface area contributed by atoms with Gasteiger partial charge in [0.1, 0.15) is 0 Å². The van der Waals surface area contributed by atoms with Gasteiger partial charge in [0.15, 0.2) is 0 Å². The minimum Gasteiger partial charge on any atom is -0.267 e. The zero-order valence-corrected chi connectivity index (χ0v) is 12.5. The summed E-state index contributed by atoms with van der Waals surface area (Å²) in [4.78, 5) is 16.0. The highest BCUT2D eigenvalue weighted by Gasteiger charge is 2.13. The number of hydrogen-bond donors (Lipinski definition) is 1. The van der Waals surface area contributed by atoms with Gasteiger partial charge >= 0.3 is 0 Å². The van der Waals surface area contributed by atoms with Gasteiger partial charge in [-0.05, 0) is 35.2 Å². The van der Waals surface area contributed by atoms with E-state index < -0.39 is 0 Å². The molecule has 1 heterocycles. The number of carbonyl (C=O) groups is 1. The van der Waals surface area contributed by atoms with Gasteiger partial charge in [0.05, 0.1) is 11.9 Å². The third-order valence-corrected chi connectivity index (χ3v) is 3.06. The Labute approximate surface area is 124 Å². The summed E-state index contributed by atoms with van der Waals surface area (Å²) in [6.45, 7) is 6.41. The molecule has 4 nitrogen and oxygen atoms in total. The minimum atomic E-state index is -0.234. The lowest BCUT2D eigenvalue weighted by atomic mass is 9.87. The third kappa shape index (κ3) is 4.24. The molecule has 0 aliphatic rings. The van der Waals surface area contributed by atoms with E-state index in [1.165, 1.54) is 11.8 Å². The van der Waals surface area contributed by atoms with Crippen LogP contribution in [-0.4, -0.2) is 17.1 Å². The van der Waals surface area contributed by atoms with E-state index in [0.717, 1.165) is 0 Å². The van der Waals surface area contributed by atoms with Crippen molar-refractivity contribution in [2.24, 2.45) is 5.10 Å². The molecule has 0 fully saturated rings. The Kier molecular flexibility index (Phi) is 4.48. The zero-order chi connectivity index (χ0) is 15.3. The molecule has 0 spiro atoms. The Morgan fingerprint density at radius 1 is 1.14 bits per heavy atom. The van der Waals surface area contributed by atoms with Crippen LogP contribution in [-0.2, 0) is 5.41 Å². The maximum Gasteiger partial charge on any atom is 0.271 e. The fourth-order valence-corrected chi connectivity index (χ4v) is 1.80. The third-order valence-electron chi connectivity index (χ3n) is 3.06. The highest BCUT2D eigenvalue weighted by molar-refractivity contribution is 5.94. The number of nitrogens with zero attached hydrogens (tertiary/aromatic N) is 2. The Bertz CT molecular complexity index is 625. The normalized spacial score (nSPS) is 11.6. The predicted octanol–water partition coefficient (Wildman–Crippen LogP) is 3.14. The van der Waals surface area contributed by atoms with Crippen LogP contribution >= 0.6 is 0 Å². The Morgan fingerprint density at radius 2 is 1.86 bits per heavy atom. The van der Waals surface area contributed by atoms with Gasteiger partial charge in [0, 0.05) is 11.8 Å². The van der Waals surface area contributed by atoms with E-state index in [-0.39, 0.29) is 11.3 Å².